The molecule has 0 fully saturated rings. The number of halogens is 1. The topological polar surface area (TPSA) is 65.6 Å². The van der Waals surface area contributed by atoms with E-state index < -0.39 is 0 Å². The Hall–Kier alpha value is -1.69. The van der Waals surface area contributed by atoms with Gasteiger partial charge in [0.1, 0.15) is 23.1 Å². The Bertz CT molecular complexity index is 646. The van der Waals surface area contributed by atoms with Crippen LogP contribution in [0.5, 0.6) is 0 Å². The van der Waals surface area contributed by atoms with Crippen molar-refractivity contribution in [1.29, 1.82) is 0 Å². The molecule has 0 spiro atoms. The molecule has 20 heavy (non-hydrogen) atoms. The Balaban J connectivity index is 2.35. The van der Waals surface area contributed by atoms with Gasteiger partial charge in [-0.05, 0) is 5.92 Å². The van der Waals surface area contributed by atoms with E-state index in [9.17, 15) is 4.79 Å². The van der Waals surface area contributed by atoms with E-state index in [2.05, 4.69) is 28.9 Å². The lowest BCUT2D eigenvalue weighted by molar-refractivity contribution is 0.457. The Kier molecular flexibility index (Phi) is 4.54. The second kappa shape index (κ2) is 6.17. The van der Waals surface area contributed by atoms with Gasteiger partial charge < -0.3 is 0 Å². The molecular weight excluding hydrogens is 278 g/mol. The predicted octanol–water partition coefficient (Wildman–Crippen LogP) is 1.75. The summed E-state index contributed by atoms with van der Waals surface area (Å²) in [5.41, 5.74) is -0.166. The number of rotatable bonds is 5. The highest BCUT2D eigenvalue weighted by atomic mass is 35.5. The van der Waals surface area contributed by atoms with E-state index in [1.165, 1.54) is 12.4 Å². The van der Waals surface area contributed by atoms with Crippen molar-refractivity contribution in [3.8, 4) is 0 Å². The van der Waals surface area contributed by atoms with Gasteiger partial charge in [-0.2, -0.15) is 5.10 Å². The third-order valence-corrected chi connectivity index (χ3v) is 3.10. The molecule has 0 amide bonds. The number of aryl methyl sites for hydroxylation is 1. The molecule has 0 saturated heterocycles. The second-order valence-electron chi connectivity index (χ2n) is 5.03. The minimum absolute atomic E-state index is 0.166. The van der Waals surface area contributed by atoms with Crippen LogP contribution in [0.3, 0.4) is 0 Å². The Morgan fingerprint density at radius 3 is 2.75 bits per heavy atom. The van der Waals surface area contributed by atoms with Crippen LogP contribution in [0, 0.1) is 5.92 Å². The standard InChI is InChI=1S/C13H18ClN5O/c1-4-11-17-10(14)5-13(20)18(11)7-12-15-8-16-19(12)6-9(2)3/h5,8-9H,4,6-7H2,1-3H3. The van der Waals surface area contributed by atoms with Gasteiger partial charge in [0, 0.05) is 19.0 Å². The van der Waals surface area contributed by atoms with Gasteiger partial charge in [-0.25, -0.2) is 14.6 Å². The van der Waals surface area contributed by atoms with Gasteiger partial charge >= 0.3 is 0 Å². The number of aromatic nitrogens is 5. The van der Waals surface area contributed by atoms with Crippen molar-refractivity contribution in [3.05, 3.63) is 39.5 Å². The molecule has 0 unspecified atom stereocenters. The first kappa shape index (κ1) is 14.7. The SMILES string of the molecule is CCc1nc(Cl)cc(=O)n1Cc1ncnn1CC(C)C. The van der Waals surface area contributed by atoms with Crippen LogP contribution < -0.4 is 5.56 Å². The minimum atomic E-state index is -0.166. The summed E-state index contributed by atoms with van der Waals surface area (Å²) in [5.74, 6) is 1.86. The largest absolute Gasteiger partial charge is 0.289 e. The van der Waals surface area contributed by atoms with Crippen molar-refractivity contribution in [1.82, 2.24) is 24.3 Å². The highest BCUT2D eigenvalue weighted by molar-refractivity contribution is 6.29. The zero-order valence-electron chi connectivity index (χ0n) is 11.9. The van der Waals surface area contributed by atoms with Gasteiger partial charge in [0.2, 0.25) is 0 Å². The van der Waals surface area contributed by atoms with Gasteiger partial charge in [0.15, 0.2) is 0 Å². The Morgan fingerprint density at radius 2 is 2.10 bits per heavy atom. The van der Waals surface area contributed by atoms with Crippen LogP contribution in [0.2, 0.25) is 5.15 Å². The van der Waals surface area contributed by atoms with Crippen molar-refractivity contribution >= 4 is 11.6 Å². The van der Waals surface area contributed by atoms with Crippen LogP contribution in [0.1, 0.15) is 32.4 Å². The number of nitrogens with zero attached hydrogens (tertiary/aromatic N) is 5. The Labute approximate surface area is 122 Å². The predicted molar refractivity (Wildman–Crippen MR) is 76.8 cm³/mol. The molecule has 0 aromatic carbocycles. The molecule has 0 bridgehead atoms. The monoisotopic (exact) mass is 295 g/mol. The normalized spacial score (nSPS) is 11.2. The lowest BCUT2D eigenvalue weighted by Gasteiger charge is -2.12. The molecule has 2 rings (SSSR count). The highest BCUT2D eigenvalue weighted by Gasteiger charge is 2.11. The molecule has 2 heterocycles. The van der Waals surface area contributed by atoms with Gasteiger partial charge in [0.25, 0.3) is 5.56 Å². The third-order valence-electron chi connectivity index (χ3n) is 2.91. The van der Waals surface area contributed by atoms with E-state index in [0.29, 0.717) is 24.7 Å². The maximum absolute atomic E-state index is 12.1. The van der Waals surface area contributed by atoms with Crippen molar-refractivity contribution in [2.45, 2.75) is 40.3 Å². The summed E-state index contributed by atoms with van der Waals surface area (Å²) in [5, 5.41) is 4.43. The van der Waals surface area contributed by atoms with Gasteiger partial charge in [0.05, 0.1) is 6.54 Å². The Morgan fingerprint density at radius 1 is 1.35 bits per heavy atom. The van der Waals surface area contributed by atoms with Crippen molar-refractivity contribution in [2.24, 2.45) is 5.92 Å². The van der Waals surface area contributed by atoms with Gasteiger partial charge in [-0.3, -0.25) is 9.36 Å². The summed E-state index contributed by atoms with van der Waals surface area (Å²) < 4.78 is 3.41. The fourth-order valence-electron chi connectivity index (χ4n) is 2.01. The van der Waals surface area contributed by atoms with Crippen LogP contribution in [0.25, 0.3) is 0 Å². The van der Waals surface area contributed by atoms with Crippen LogP contribution in [-0.2, 0) is 19.5 Å². The summed E-state index contributed by atoms with van der Waals surface area (Å²) in [6.07, 6.45) is 2.14. The molecule has 0 aliphatic carbocycles. The summed E-state index contributed by atoms with van der Waals surface area (Å²) in [6.45, 7) is 7.29. The lowest BCUT2D eigenvalue weighted by atomic mass is 10.2. The fraction of sp³-hybridized carbons (Fsp3) is 0.538. The maximum Gasteiger partial charge on any atom is 0.255 e. The van der Waals surface area contributed by atoms with E-state index in [-0.39, 0.29) is 10.7 Å². The van der Waals surface area contributed by atoms with Gasteiger partial charge in [-0.1, -0.05) is 32.4 Å². The summed E-state index contributed by atoms with van der Waals surface area (Å²) >= 11 is 5.83. The maximum atomic E-state index is 12.1. The minimum Gasteiger partial charge on any atom is -0.289 e. The van der Waals surface area contributed by atoms with E-state index in [1.807, 2.05) is 11.6 Å². The zero-order chi connectivity index (χ0) is 14.7. The van der Waals surface area contributed by atoms with Crippen molar-refractivity contribution < 1.29 is 0 Å². The number of hydrogen-bond acceptors (Lipinski definition) is 4. The average Bonchev–Trinajstić information content (AvgIpc) is 2.78. The molecule has 2 aromatic rings. The first-order valence-corrected chi connectivity index (χ1v) is 7.02. The first-order valence-electron chi connectivity index (χ1n) is 6.64. The van der Waals surface area contributed by atoms with E-state index >= 15 is 0 Å². The van der Waals surface area contributed by atoms with E-state index in [1.54, 1.807) is 4.57 Å². The molecule has 0 N–H and O–H groups in total. The molecular formula is C13H18ClN5O. The van der Waals surface area contributed by atoms with Crippen LogP contribution in [0.4, 0.5) is 0 Å². The van der Waals surface area contributed by atoms with Crippen LogP contribution in [-0.4, -0.2) is 24.3 Å². The third kappa shape index (κ3) is 3.25. The van der Waals surface area contributed by atoms with Crippen molar-refractivity contribution in [2.75, 3.05) is 0 Å². The summed E-state index contributed by atoms with van der Waals surface area (Å²) in [7, 11) is 0. The molecule has 0 saturated carbocycles. The molecule has 108 valence electrons. The van der Waals surface area contributed by atoms with E-state index in [0.717, 1.165) is 12.4 Å². The summed E-state index contributed by atoms with van der Waals surface area (Å²) in [6, 6.07) is 1.32. The first-order chi connectivity index (χ1) is 9.51. The fourth-order valence-corrected chi connectivity index (χ4v) is 2.20. The molecule has 0 aliphatic rings. The second-order valence-corrected chi connectivity index (χ2v) is 5.41. The smallest absolute Gasteiger partial charge is 0.255 e. The summed E-state index contributed by atoms with van der Waals surface area (Å²) in [4.78, 5) is 20.5. The zero-order valence-corrected chi connectivity index (χ0v) is 12.6. The molecule has 0 aliphatic heterocycles. The molecule has 0 atom stereocenters. The molecule has 0 radical (unpaired) electrons. The van der Waals surface area contributed by atoms with E-state index in [4.69, 9.17) is 11.6 Å². The average molecular weight is 296 g/mol. The lowest BCUT2D eigenvalue weighted by Crippen LogP contribution is -2.26. The molecule has 2 aromatic heterocycles. The highest BCUT2D eigenvalue weighted by Crippen LogP contribution is 2.07. The quantitative estimate of drug-likeness (QED) is 0.788. The van der Waals surface area contributed by atoms with Gasteiger partial charge in [-0.15, -0.1) is 0 Å². The van der Waals surface area contributed by atoms with Crippen molar-refractivity contribution in [3.63, 3.8) is 0 Å². The van der Waals surface area contributed by atoms with Crippen LogP contribution in [0.15, 0.2) is 17.2 Å². The van der Waals surface area contributed by atoms with Crippen LogP contribution >= 0.6 is 11.6 Å². The molecule has 6 nitrogen and oxygen atoms in total. The number of hydrogen-bond donors (Lipinski definition) is 0. The molecule has 7 heteroatoms.